The molecule has 0 bridgehead atoms. The molecular formula is C17H20N4O2S. The number of para-hydroxylation sites is 1. The fourth-order valence-corrected chi connectivity index (χ4v) is 5.48. The minimum Gasteiger partial charge on any atom is -0.346 e. The van der Waals surface area contributed by atoms with Gasteiger partial charge in [-0.3, -0.25) is 5.10 Å². The fraction of sp³-hybridized carbons (Fsp3) is 0.353. The molecule has 4 rings (SSSR count). The number of aryl methyl sites for hydroxylation is 3. The van der Waals surface area contributed by atoms with E-state index >= 15 is 0 Å². The lowest BCUT2D eigenvalue weighted by Gasteiger charge is -2.27. The van der Waals surface area contributed by atoms with E-state index in [1.807, 2.05) is 19.2 Å². The van der Waals surface area contributed by atoms with Crippen molar-refractivity contribution in [2.75, 3.05) is 6.54 Å². The number of benzene rings is 1. The highest BCUT2D eigenvalue weighted by molar-refractivity contribution is 7.89. The monoisotopic (exact) mass is 344 g/mol. The van der Waals surface area contributed by atoms with Gasteiger partial charge in [0.15, 0.2) is 0 Å². The van der Waals surface area contributed by atoms with Crippen LogP contribution in [-0.2, 0) is 30.0 Å². The Hall–Kier alpha value is -2.12. The first-order valence-electron chi connectivity index (χ1n) is 7.98. The Morgan fingerprint density at radius 1 is 1.21 bits per heavy atom. The molecule has 126 valence electrons. The summed E-state index contributed by atoms with van der Waals surface area (Å²) in [4.78, 5) is 0.310. The van der Waals surface area contributed by atoms with Crippen LogP contribution in [0.2, 0.25) is 0 Å². The highest BCUT2D eigenvalue weighted by Gasteiger charge is 2.34. The number of nitrogens with one attached hydrogen (secondary N) is 1. The first kappa shape index (κ1) is 15.4. The Morgan fingerprint density at radius 3 is 2.67 bits per heavy atom. The van der Waals surface area contributed by atoms with Crippen molar-refractivity contribution in [3.8, 4) is 0 Å². The molecule has 6 nitrogen and oxygen atoms in total. The van der Waals surface area contributed by atoms with Gasteiger partial charge in [0, 0.05) is 30.2 Å². The number of rotatable bonds is 2. The smallest absolute Gasteiger partial charge is 0.247 e. The minimum atomic E-state index is -3.55. The third-order valence-electron chi connectivity index (χ3n) is 4.94. The Bertz CT molecular complexity index is 1030. The van der Waals surface area contributed by atoms with Crippen molar-refractivity contribution in [2.45, 2.75) is 31.7 Å². The van der Waals surface area contributed by atoms with Crippen molar-refractivity contribution >= 4 is 20.9 Å². The highest BCUT2D eigenvalue weighted by atomic mass is 32.2. The number of hydrogen-bond donors (Lipinski definition) is 1. The maximum absolute atomic E-state index is 13.1. The van der Waals surface area contributed by atoms with Gasteiger partial charge in [0.25, 0.3) is 0 Å². The molecule has 0 saturated carbocycles. The summed E-state index contributed by atoms with van der Waals surface area (Å²) in [5.41, 5.74) is 4.60. The van der Waals surface area contributed by atoms with Crippen LogP contribution in [0.25, 0.3) is 10.9 Å². The van der Waals surface area contributed by atoms with Crippen molar-refractivity contribution in [3.05, 3.63) is 46.9 Å². The van der Waals surface area contributed by atoms with Gasteiger partial charge in [0.2, 0.25) is 10.0 Å². The van der Waals surface area contributed by atoms with Gasteiger partial charge in [-0.15, -0.1) is 0 Å². The molecule has 0 saturated heterocycles. The van der Waals surface area contributed by atoms with Crippen LogP contribution in [0, 0.1) is 13.8 Å². The van der Waals surface area contributed by atoms with Gasteiger partial charge in [-0.1, -0.05) is 18.2 Å². The molecule has 3 heterocycles. The Balaban J connectivity index is 1.80. The summed E-state index contributed by atoms with van der Waals surface area (Å²) in [6.45, 7) is 4.36. The zero-order valence-corrected chi connectivity index (χ0v) is 14.8. The summed E-state index contributed by atoms with van der Waals surface area (Å²) < 4.78 is 29.8. The average Bonchev–Trinajstić information content (AvgIpc) is 3.06. The number of H-pyrrole nitrogens is 1. The van der Waals surface area contributed by atoms with Crippen molar-refractivity contribution in [2.24, 2.45) is 7.05 Å². The number of hydrogen-bond acceptors (Lipinski definition) is 3. The quantitative estimate of drug-likeness (QED) is 0.775. The fourth-order valence-electron chi connectivity index (χ4n) is 3.74. The molecule has 24 heavy (non-hydrogen) atoms. The van der Waals surface area contributed by atoms with Crippen LogP contribution < -0.4 is 0 Å². The Kier molecular flexibility index (Phi) is 3.33. The summed E-state index contributed by atoms with van der Waals surface area (Å²) in [6, 6.07) is 8.24. The van der Waals surface area contributed by atoms with Gasteiger partial charge < -0.3 is 4.57 Å². The second kappa shape index (κ2) is 5.19. The number of fused-ring (bicyclic) bond motifs is 3. The first-order valence-corrected chi connectivity index (χ1v) is 9.42. The Morgan fingerprint density at radius 2 is 1.96 bits per heavy atom. The lowest BCUT2D eigenvalue weighted by molar-refractivity contribution is 0.382. The number of nitrogens with zero attached hydrogens (tertiary/aromatic N) is 3. The van der Waals surface area contributed by atoms with E-state index in [-0.39, 0.29) is 0 Å². The number of aromatic nitrogens is 3. The topological polar surface area (TPSA) is 71.0 Å². The van der Waals surface area contributed by atoms with Crippen LogP contribution in [-0.4, -0.2) is 34.0 Å². The van der Waals surface area contributed by atoms with E-state index in [2.05, 4.69) is 26.9 Å². The van der Waals surface area contributed by atoms with E-state index in [1.54, 1.807) is 18.2 Å². The van der Waals surface area contributed by atoms with Crippen LogP contribution in [0.3, 0.4) is 0 Å². The van der Waals surface area contributed by atoms with Gasteiger partial charge >= 0.3 is 0 Å². The van der Waals surface area contributed by atoms with Crippen LogP contribution >= 0.6 is 0 Å². The number of sulfonamides is 1. The van der Waals surface area contributed by atoms with Gasteiger partial charge in [-0.25, -0.2) is 8.42 Å². The maximum atomic E-state index is 13.1. The molecule has 0 atom stereocenters. The normalized spacial score (nSPS) is 15.8. The maximum Gasteiger partial charge on any atom is 0.247 e. The van der Waals surface area contributed by atoms with Crippen molar-refractivity contribution in [1.29, 1.82) is 0 Å². The van der Waals surface area contributed by atoms with E-state index in [4.69, 9.17) is 0 Å². The second-order valence-corrected chi connectivity index (χ2v) is 8.23. The van der Waals surface area contributed by atoms with E-state index in [9.17, 15) is 8.42 Å². The van der Waals surface area contributed by atoms with Crippen molar-refractivity contribution in [1.82, 2.24) is 19.1 Å². The van der Waals surface area contributed by atoms with Crippen LogP contribution in [0.4, 0.5) is 0 Å². The summed E-state index contributed by atoms with van der Waals surface area (Å²) in [6.07, 6.45) is 0.728. The third kappa shape index (κ3) is 2.04. The zero-order chi connectivity index (χ0) is 17.1. The molecular weight excluding hydrogens is 324 g/mol. The van der Waals surface area contributed by atoms with E-state index in [0.717, 1.165) is 17.6 Å². The number of aromatic amines is 1. The summed E-state index contributed by atoms with van der Waals surface area (Å²) in [5.74, 6) is 0. The molecule has 0 spiro atoms. The molecule has 0 fully saturated rings. The minimum absolute atomic E-state index is 0.310. The van der Waals surface area contributed by atoms with E-state index < -0.39 is 10.0 Å². The lowest BCUT2D eigenvalue weighted by Crippen LogP contribution is -2.37. The van der Waals surface area contributed by atoms with E-state index in [0.29, 0.717) is 29.4 Å². The zero-order valence-electron chi connectivity index (χ0n) is 14.0. The van der Waals surface area contributed by atoms with Gasteiger partial charge in [-0.05, 0) is 31.9 Å². The molecule has 1 aromatic carbocycles. The standard InChI is InChI=1S/C17H20N4O2S/c1-11-17(12(2)19-18-11)24(22,23)21-9-8-14-13-6-4-5-7-15(13)20(3)16(14)10-21/h4-7H,8-10H2,1-3H3,(H,18,19). The molecule has 0 unspecified atom stereocenters. The van der Waals surface area contributed by atoms with Gasteiger partial charge in [-0.2, -0.15) is 9.40 Å². The molecule has 0 radical (unpaired) electrons. The lowest BCUT2D eigenvalue weighted by atomic mass is 10.1. The molecule has 3 aromatic rings. The SMILES string of the molecule is Cc1n[nH]c(C)c1S(=O)(=O)N1CCc2c(n(C)c3ccccc23)C1. The van der Waals surface area contributed by atoms with E-state index in [1.165, 1.54) is 10.9 Å². The summed E-state index contributed by atoms with van der Waals surface area (Å²) in [5, 5.41) is 8.04. The van der Waals surface area contributed by atoms with Crippen LogP contribution in [0.5, 0.6) is 0 Å². The molecule has 7 heteroatoms. The van der Waals surface area contributed by atoms with Gasteiger partial charge in [0.1, 0.15) is 4.90 Å². The molecule has 2 aromatic heterocycles. The van der Waals surface area contributed by atoms with Crippen LogP contribution in [0.1, 0.15) is 22.6 Å². The van der Waals surface area contributed by atoms with Crippen LogP contribution in [0.15, 0.2) is 29.2 Å². The highest BCUT2D eigenvalue weighted by Crippen LogP contribution is 2.33. The summed E-state index contributed by atoms with van der Waals surface area (Å²) >= 11 is 0. The largest absolute Gasteiger partial charge is 0.346 e. The molecule has 0 amide bonds. The third-order valence-corrected chi connectivity index (χ3v) is 7.05. The van der Waals surface area contributed by atoms with Gasteiger partial charge in [0.05, 0.1) is 17.9 Å². The Labute approximate surface area is 141 Å². The molecule has 1 N–H and O–H groups in total. The van der Waals surface area contributed by atoms with Crippen molar-refractivity contribution in [3.63, 3.8) is 0 Å². The first-order chi connectivity index (χ1) is 11.4. The van der Waals surface area contributed by atoms with Crippen molar-refractivity contribution < 1.29 is 8.42 Å². The summed E-state index contributed by atoms with van der Waals surface area (Å²) in [7, 11) is -1.55. The molecule has 1 aliphatic heterocycles. The molecule has 0 aliphatic carbocycles. The average molecular weight is 344 g/mol. The predicted molar refractivity (Wildman–Crippen MR) is 92.3 cm³/mol. The predicted octanol–water partition coefficient (Wildman–Crippen LogP) is 2.27. The molecule has 1 aliphatic rings. The second-order valence-electron chi connectivity index (χ2n) is 6.35.